The van der Waals surface area contributed by atoms with E-state index in [1.807, 2.05) is 12.1 Å². The number of nitrogens with two attached hydrogens (primary N) is 1. The maximum Gasteiger partial charge on any atom is 0.256 e. The minimum atomic E-state index is -1.60. The number of benzene rings is 1. The molecule has 0 unspecified atom stereocenters. The molecule has 3 rings (SSSR count). The van der Waals surface area contributed by atoms with Gasteiger partial charge in [-0.05, 0) is 11.6 Å². The molecule has 8 nitrogen and oxygen atoms in total. The van der Waals surface area contributed by atoms with Crippen LogP contribution in [0.4, 0.5) is 0 Å². The predicted molar refractivity (Wildman–Crippen MR) is 82.3 cm³/mol. The number of carbonyl (C=O) groups excluding carboxylic acids is 4. The number of carboxylic acid groups (broad SMARTS) is 1. The smallest absolute Gasteiger partial charge is 0.256 e. The van der Waals surface area contributed by atoms with E-state index in [1.54, 1.807) is 12.1 Å². The van der Waals surface area contributed by atoms with Crippen LogP contribution in [0.5, 0.6) is 0 Å². The van der Waals surface area contributed by atoms with E-state index < -0.39 is 36.3 Å². The summed E-state index contributed by atoms with van der Waals surface area (Å²) in [5.41, 5.74) is 6.36. The number of amides is 3. The summed E-state index contributed by atoms with van der Waals surface area (Å²) in [5.74, 6) is -3.03. The molecule has 3 amide bonds. The first-order valence-electron chi connectivity index (χ1n) is 7.23. The highest BCUT2D eigenvalue weighted by molar-refractivity contribution is 7.99. The number of carbonyl (C=O) groups is 4. The number of thioether (sulfide) groups is 1. The molecule has 3 atom stereocenters. The minimum Gasteiger partial charge on any atom is -0.548 e. The Bertz CT molecular complexity index is 738. The van der Waals surface area contributed by atoms with Crippen molar-refractivity contribution in [2.24, 2.45) is 5.73 Å². The first-order chi connectivity index (χ1) is 11.4. The van der Waals surface area contributed by atoms with E-state index in [-0.39, 0.29) is 11.3 Å². The van der Waals surface area contributed by atoms with Crippen LogP contribution in [0.25, 0.3) is 0 Å². The number of nitrogens with one attached hydrogen (secondary N) is 1. The van der Waals surface area contributed by atoms with E-state index in [0.717, 1.165) is 5.56 Å². The molecule has 0 spiro atoms. The molecule has 1 aromatic carbocycles. The highest BCUT2D eigenvalue weighted by Gasteiger charge is 2.48. The van der Waals surface area contributed by atoms with Crippen LogP contribution in [0.2, 0.25) is 0 Å². The molecule has 2 aliphatic heterocycles. The Labute approximate surface area is 141 Å². The highest BCUT2D eigenvalue weighted by Crippen LogP contribution is 2.48. The van der Waals surface area contributed by atoms with Crippen LogP contribution < -0.4 is 16.2 Å². The predicted octanol–water partition coefficient (Wildman–Crippen LogP) is -1.63. The van der Waals surface area contributed by atoms with Gasteiger partial charge in [-0.25, -0.2) is 0 Å². The summed E-state index contributed by atoms with van der Waals surface area (Å²) in [5, 5.41) is 13.0. The van der Waals surface area contributed by atoms with Gasteiger partial charge in [-0.3, -0.25) is 14.4 Å². The summed E-state index contributed by atoms with van der Waals surface area (Å²) in [6.07, 6.45) is -0.564. The zero-order valence-corrected chi connectivity index (χ0v) is 13.2. The molecule has 3 N–H and O–H groups in total. The van der Waals surface area contributed by atoms with Gasteiger partial charge < -0.3 is 25.9 Å². The van der Waals surface area contributed by atoms with Crippen LogP contribution in [0, 0.1) is 0 Å². The fraction of sp³-hybridized carbons (Fsp3) is 0.333. The van der Waals surface area contributed by atoms with Crippen molar-refractivity contribution in [3.63, 3.8) is 0 Å². The lowest BCUT2D eigenvalue weighted by atomic mass is 10.1. The summed E-state index contributed by atoms with van der Waals surface area (Å²) in [4.78, 5) is 48.3. The number of aliphatic carboxylic acids is 1. The van der Waals surface area contributed by atoms with Crippen LogP contribution in [0.3, 0.4) is 0 Å². The lowest BCUT2D eigenvalue weighted by Gasteiger charge is -2.25. The Balaban J connectivity index is 1.77. The largest absolute Gasteiger partial charge is 0.548 e. The van der Waals surface area contributed by atoms with Gasteiger partial charge in [0.15, 0.2) is 0 Å². The Morgan fingerprint density at radius 1 is 1.38 bits per heavy atom. The average molecular weight is 348 g/mol. The van der Waals surface area contributed by atoms with E-state index in [4.69, 9.17) is 5.73 Å². The molecule has 1 saturated heterocycles. The van der Waals surface area contributed by atoms with Crippen LogP contribution in [-0.4, -0.2) is 46.4 Å². The number of primary amides is 1. The molecule has 1 fully saturated rings. The SMILES string of the molecule is NC(=O)C[C@H](NC(=O)[C@@H]1CS[C@H]2c3ccccc3C(=O)N12)C(=O)[O-]. The molecule has 9 heteroatoms. The Hall–Kier alpha value is -2.55. The number of carboxylic acids is 1. The van der Waals surface area contributed by atoms with E-state index >= 15 is 0 Å². The molecule has 0 radical (unpaired) electrons. The van der Waals surface area contributed by atoms with Gasteiger partial charge in [0.25, 0.3) is 5.91 Å². The summed E-state index contributed by atoms with van der Waals surface area (Å²) < 4.78 is 0. The third-order valence-corrected chi connectivity index (χ3v) is 5.31. The van der Waals surface area contributed by atoms with Crippen molar-refractivity contribution in [3.8, 4) is 0 Å². The number of hydrogen-bond acceptors (Lipinski definition) is 6. The molecule has 126 valence electrons. The van der Waals surface area contributed by atoms with Gasteiger partial charge in [-0.1, -0.05) is 18.2 Å². The Morgan fingerprint density at radius 2 is 2.08 bits per heavy atom. The maximum atomic E-state index is 12.5. The second kappa shape index (κ2) is 6.16. The molecule has 2 aliphatic rings. The van der Waals surface area contributed by atoms with Gasteiger partial charge in [0.1, 0.15) is 11.4 Å². The molecule has 0 bridgehead atoms. The van der Waals surface area contributed by atoms with Gasteiger partial charge >= 0.3 is 0 Å². The van der Waals surface area contributed by atoms with Gasteiger partial charge in [0, 0.05) is 11.3 Å². The van der Waals surface area contributed by atoms with Crippen LogP contribution >= 0.6 is 11.8 Å². The number of hydrogen-bond donors (Lipinski definition) is 2. The summed E-state index contributed by atoms with van der Waals surface area (Å²) >= 11 is 1.43. The first-order valence-corrected chi connectivity index (χ1v) is 8.27. The first kappa shape index (κ1) is 16.3. The van der Waals surface area contributed by atoms with Gasteiger partial charge in [-0.15, -0.1) is 11.8 Å². The van der Waals surface area contributed by atoms with Crippen LogP contribution in [0.1, 0.15) is 27.7 Å². The standard InChI is InChI=1S/C15H15N3O5S/c16-11(19)5-9(15(22)23)17-12(20)10-6-24-14-8-4-2-1-3-7(8)13(21)18(10)14/h1-4,9-10,14H,5-6H2,(H2,16,19)(H,17,20)(H,22,23)/p-1/t9-,10-,14-/m0/s1. The fourth-order valence-corrected chi connectivity index (χ4v) is 4.37. The summed E-state index contributed by atoms with van der Waals surface area (Å²) in [6, 6.07) is 4.78. The maximum absolute atomic E-state index is 12.5. The molecular weight excluding hydrogens is 334 g/mol. The van der Waals surface area contributed by atoms with Crippen LogP contribution in [-0.2, 0) is 14.4 Å². The van der Waals surface area contributed by atoms with Gasteiger partial charge in [0.05, 0.1) is 18.4 Å². The van der Waals surface area contributed by atoms with Gasteiger partial charge in [0.2, 0.25) is 11.8 Å². The van der Waals surface area contributed by atoms with Crippen molar-refractivity contribution in [2.45, 2.75) is 23.9 Å². The molecule has 0 aliphatic carbocycles. The fourth-order valence-electron chi connectivity index (χ4n) is 2.90. The normalized spacial score (nSPS) is 22.7. The molecule has 1 aromatic rings. The van der Waals surface area contributed by atoms with Crippen molar-refractivity contribution < 1.29 is 24.3 Å². The van der Waals surface area contributed by atoms with Crippen molar-refractivity contribution in [2.75, 3.05) is 5.75 Å². The second-order valence-electron chi connectivity index (χ2n) is 5.55. The third-order valence-electron chi connectivity index (χ3n) is 4.00. The number of rotatable bonds is 5. The van der Waals surface area contributed by atoms with Crippen molar-refractivity contribution in [3.05, 3.63) is 35.4 Å². The lowest BCUT2D eigenvalue weighted by Crippen LogP contribution is -2.55. The Kier molecular flexibility index (Phi) is 4.18. The summed E-state index contributed by atoms with van der Waals surface area (Å²) in [6.45, 7) is 0. The number of fused-ring (bicyclic) bond motifs is 3. The molecule has 0 aromatic heterocycles. The van der Waals surface area contributed by atoms with E-state index in [1.165, 1.54) is 16.7 Å². The monoisotopic (exact) mass is 348 g/mol. The summed E-state index contributed by atoms with van der Waals surface area (Å²) in [7, 11) is 0. The zero-order valence-electron chi connectivity index (χ0n) is 12.4. The van der Waals surface area contributed by atoms with E-state index in [2.05, 4.69) is 5.32 Å². The van der Waals surface area contributed by atoms with E-state index in [0.29, 0.717) is 11.3 Å². The van der Waals surface area contributed by atoms with Crippen molar-refractivity contribution in [1.82, 2.24) is 10.2 Å². The molecule has 24 heavy (non-hydrogen) atoms. The van der Waals surface area contributed by atoms with Crippen molar-refractivity contribution in [1.29, 1.82) is 0 Å². The highest BCUT2D eigenvalue weighted by atomic mass is 32.2. The third kappa shape index (κ3) is 2.71. The molecular formula is C15H14N3O5S-. The quantitative estimate of drug-likeness (QED) is 0.656. The lowest BCUT2D eigenvalue weighted by molar-refractivity contribution is -0.308. The van der Waals surface area contributed by atoms with Crippen molar-refractivity contribution >= 4 is 35.5 Å². The Morgan fingerprint density at radius 3 is 2.75 bits per heavy atom. The van der Waals surface area contributed by atoms with Crippen LogP contribution in [0.15, 0.2) is 24.3 Å². The van der Waals surface area contributed by atoms with E-state index in [9.17, 15) is 24.3 Å². The molecule has 2 heterocycles. The molecule has 0 saturated carbocycles. The van der Waals surface area contributed by atoms with Gasteiger partial charge in [-0.2, -0.15) is 0 Å². The number of nitrogens with zero attached hydrogens (tertiary/aromatic N) is 1. The average Bonchev–Trinajstić information content (AvgIpc) is 3.07. The minimum absolute atomic E-state index is 0.262. The zero-order chi connectivity index (χ0) is 17.4. The second-order valence-corrected chi connectivity index (χ2v) is 6.66. The topological polar surface area (TPSA) is 133 Å².